The molecular weight excluding hydrogens is 294 g/mol. The first-order valence-electron chi connectivity index (χ1n) is 7.64. The van der Waals surface area contributed by atoms with Gasteiger partial charge in [-0.1, -0.05) is 32.9 Å². The van der Waals surface area contributed by atoms with Crippen LogP contribution in [0.1, 0.15) is 38.2 Å². The number of aliphatic hydroxyl groups is 1. The second kappa shape index (κ2) is 6.91. The Labute approximate surface area is 135 Å². The molecule has 0 aliphatic carbocycles. The Balaban J connectivity index is 2.01. The van der Waals surface area contributed by atoms with E-state index in [2.05, 4.69) is 15.5 Å². The monoisotopic (exact) mass is 317 g/mol. The molecule has 0 fully saturated rings. The minimum Gasteiger partial charge on any atom is -0.392 e. The Morgan fingerprint density at radius 1 is 1.43 bits per heavy atom. The number of carbonyl (C=O) groups excluding carboxylic acids is 1. The van der Waals surface area contributed by atoms with E-state index in [0.29, 0.717) is 12.3 Å². The Morgan fingerprint density at radius 2 is 2.17 bits per heavy atom. The molecule has 0 radical (unpaired) electrons. The highest BCUT2D eigenvalue weighted by molar-refractivity contribution is 5.93. The molecular formula is C17H23N3O3. The quantitative estimate of drug-likeness (QED) is 0.854. The van der Waals surface area contributed by atoms with Gasteiger partial charge in [-0.05, 0) is 18.1 Å². The third kappa shape index (κ3) is 4.16. The van der Waals surface area contributed by atoms with Gasteiger partial charge in [-0.2, -0.15) is 0 Å². The van der Waals surface area contributed by atoms with Gasteiger partial charge in [0.05, 0.1) is 6.10 Å². The molecule has 124 valence electrons. The summed E-state index contributed by atoms with van der Waals surface area (Å²) in [4.78, 5) is 16.2. The molecule has 0 aliphatic heterocycles. The van der Waals surface area contributed by atoms with Gasteiger partial charge in [0.1, 0.15) is 0 Å². The minimum absolute atomic E-state index is 0.117. The van der Waals surface area contributed by atoms with Crippen LogP contribution in [0.5, 0.6) is 0 Å². The molecule has 0 aliphatic rings. The van der Waals surface area contributed by atoms with E-state index in [0.717, 1.165) is 5.56 Å². The van der Waals surface area contributed by atoms with Crippen molar-refractivity contribution in [2.75, 3.05) is 6.54 Å². The third-order valence-corrected chi connectivity index (χ3v) is 3.83. The summed E-state index contributed by atoms with van der Waals surface area (Å²) in [5.41, 5.74) is 0.535. The van der Waals surface area contributed by atoms with Crippen molar-refractivity contribution in [1.29, 1.82) is 0 Å². The van der Waals surface area contributed by atoms with E-state index in [1.807, 2.05) is 33.8 Å². The highest BCUT2D eigenvalue weighted by atomic mass is 16.5. The average Bonchev–Trinajstić information content (AvgIpc) is 3.02. The topological polar surface area (TPSA) is 88.2 Å². The largest absolute Gasteiger partial charge is 0.392 e. The molecule has 0 spiro atoms. The summed E-state index contributed by atoms with van der Waals surface area (Å²) < 4.78 is 5.19. The van der Waals surface area contributed by atoms with Gasteiger partial charge < -0.3 is 14.9 Å². The third-order valence-electron chi connectivity index (χ3n) is 3.83. The van der Waals surface area contributed by atoms with Crippen molar-refractivity contribution in [2.24, 2.45) is 11.3 Å². The van der Waals surface area contributed by atoms with Crippen LogP contribution in [-0.4, -0.2) is 33.8 Å². The highest BCUT2D eigenvalue weighted by Crippen LogP contribution is 2.25. The number of nitrogens with one attached hydrogen (secondary N) is 1. The molecule has 2 aromatic heterocycles. The van der Waals surface area contributed by atoms with Gasteiger partial charge in [0, 0.05) is 36.0 Å². The molecule has 23 heavy (non-hydrogen) atoms. The molecule has 6 nitrogen and oxygen atoms in total. The molecule has 1 amide bonds. The number of aliphatic hydroxyl groups excluding tert-OH is 1. The lowest BCUT2D eigenvalue weighted by Gasteiger charge is -2.33. The number of nitrogens with zero attached hydrogens (tertiary/aromatic N) is 2. The van der Waals surface area contributed by atoms with Gasteiger partial charge in [0.2, 0.25) is 0 Å². The molecule has 1 unspecified atom stereocenters. The Morgan fingerprint density at radius 3 is 2.78 bits per heavy atom. The molecule has 6 heteroatoms. The predicted octanol–water partition coefficient (Wildman–Crippen LogP) is 2.51. The van der Waals surface area contributed by atoms with Crippen LogP contribution in [0.15, 0.2) is 35.1 Å². The molecule has 2 aromatic rings. The van der Waals surface area contributed by atoms with E-state index in [4.69, 9.17) is 4.52 Å². The molecule has 0 aromatic carbocycles. The summed E-state index contributed by atoms with van der Waals surface area (Å²) in [7, 11) is 0. The fourth-order valence-corrected chi connectivity index (χ4v) is 2.43. The zero-order chi connectivity index (χ0) is 17.0. The van der Waals surface area contributed by atoms with Crippen LogP contribution in [-0.2, 0) is 0 Å². The number of pyridine rings is 1. The standard InChI is InChI=1S/C17H23N3O3/c1-11(2)15(21)17(3,4)10-19-16(22)13-8-14(23-20-13)12-6-5-7-18-9-12/h5-9,11,15,21H,10H2,1-4H3,(H,19,22). The fourth-order valence-electron chi connectivity index (χ4n) is 2.43. The van der Waals surface area contributed by atoms with E-state index >= 15 is 0 Å². The van der Waals surface area contributed by atoms with Gasteiger partial charge >= 0.3 is 0 Å². The summed E-state index contributed by atoms with van der Waals surface area (Å²) in [5, 5.41) is 16.8. The number of carbonyl (C=O) groups is 1. The summed E-state index contributed by atoms with van der Waals surface area (Å²) in [6.45, 7) is 8.09. The smallest absolute Gasteiger partial charge is 0.273 e. The zero-order valence-corrected chi connectivity index (χ0v) is 13.9. The van der Waals surface area contributed by atoms with Gasteiger partial charge in [0.25, 0.3) is 5.91 Å². The minimum atomic E-state index is -0.508. The summed E-state index contributed by atoms with van der Waals surface area (Å²) in [5.74, 6) is 0.281. The molecule has 0 saturated heterocycles. The first-order chi connectivity index (χ1) is 10.8. The van der Waals surface area contributed by atoms with Crippen LogP contribution in [0.3, 0.4) is 0 Å². The maximum absolute atomic E-state index is 12.2. The Hall–Kier alpha value is -2.21. The molecule has 1 atom stereocenters. The SMILES string of the molecule is CC(C)C(O)C(C)(C)CNC(=O)c1cc(-c2cccnc2)on1. The van der Waals surface area contributed by atoms with Crippen molar-refractivity contribution in [3.63, 3.8) is 0 Å². The number of rotatable bonds is 6. The van der Waals surface area contributed by atoms with E-state index in [-0.39, 0.29) is 17.5 Å². The van der Waals surface area contributed by atoms with E-state index in [1.54, 1.807) is 24.5 Å². The molecule has 0 saturated carbocycles. The first-order valence-corrected chi connectivity index (χ1v) is 7.64. The van der Waals surface area contributed by atoms with Gasteiger partial charge in [-0.25, -0.2) is 0 Å². The van der Waals surface area contributed by atoms with Crippen LogP contribution in [0, 0.1) is 11.3 Å². The van der Waals surface area contributed by atoms with Crippen molar-refractivity contribution in [1.82, 2.24) is 15.5 Å². The Bertz CT molecular complexity index is 650. The van der Waals surface area contributed by atoms with Crippen molar-refractivity contribution in [3.05, 3.63) is 36.3 Å². The van der Waals surface area contributed by atoms with Crippen LogP contribution in [0.2, 0.25) is 0 Å². The van der Waals surface area contributed by atoms with Crippen LogP contribution in [0.25, 0.3) is 11.3 Å². The second-order valence-corrected chi connectivity index (χ2v) is 6.68. The van der Waals surface area contributed by atoms with Gasteiger partial charge in [-0.15, -0.1) is 0 Å². The molecule has 2 heterocycles. The molecule has 0 bridgehead atoms. The first kappa shape index (κ1) is 17.1. The van der Waals surface area contributed by atoms with Gasteiger partial charge in [0.15, 0.2) is 11.5 Å². The van der Waals surface area contributed by atoms with Gasteiger partial charge in [-0.3, -0.25) is 9.78 Å². The summed E-state index contributed by atoms with van der Waals surface area (Å²) in [6, 6.07) is 5.20. The lowest BCUT2D eigenvalue weighted by Crippen LogP contribution is -2.43. The zero-order valence-electron chi connectivity index (χ0n) is 13.9. The van der Waals surface area contributed by atoms with E-state index < -0.39 is 11.5 Å². The molecule has 2 N–H and O–H groups in total. The fraction of sp³-hybridized carbons (Fsp3) is 0.471. The van der Waals surface area contributed by atoms with E-state index in [9.17, 15) is 9.90 Å². The second-order valence-electron chi connectivity index (χ2n) is 6.68. The summed E-state index contributed by atoms with van der Waals surface area (Å²) >= 11 is 0. The van der Waals surface area contributed by atoms with Crippen molar-refractivity contribution in [2.45, 2.75) is 33.8 Å². The lowest BCUT2D eigenvalue weighted by molar-refractivity contribution is 0.0137. The number of amides is 1. The van der Waals surface area contributed by atoms with Crippen LogP contribution in [0.4, 0.5) is 0 Å². The van der Waals surface area contributed by atoms with Crippen molar-refractivity contribution < 1.29 is 14.4 Å². The normalized spacial score (nSPS) is 13.1. The van der Waals surface area contributed by atoms with Crippen LogP contribution >= 0.6 is 0 Å². The summed E-state index contributed by atoms with van der Waals surface area (Å²) in [6.07, 6.45) is 2.80. The number of hydrogen-bond acceptors (Lipinski definition) is 5. The number of hydrogen-bond donors (Lipinski definition) is 2. The Kier molecular flexibility index (Phi) is 5.15. The van der Waals surface area contributed by atoms with Crippen LogP contribution < -0.4 is 5.32 Å². The average molecular weight is 317 g/mol. The number of aromatic nitrogens is 2. The maximum Gasteiger partial charge on any atom is 0.273 e. The van der Waals surface area contributed by atoms with E-state index in [1.165, 1.54) is 0 Å². The van der Waals surface area contributed by atoms with Crippen molar-refractivity contribution in [3.8, 4) is 11.3 Å². The van der Waals surface area contributed by atoms with Crippen molar-refractivity contribution >= 4 is 5.91 Å². The molecule has 2 rings (SSSR count). The maximum atomic E-state index is 12.2. The lowest BCUT2D eigenvalue weighted by atomic mass is 9.80. The predicted molar refractivity (Wildman–Crippen MR) is 86.7 cm³/mol. The highest BCUT2D eigenvalue weighted by Gasteiger charge is 2.31.